The van der Waals surface area contributed by atoms with Gasteiger partial charge in [-0.3, -0.25) is 0 Å². The average Bonchev–Trinajstić information content (AvgIpc) is 3.13. The SMILES string of the molecule is N#CC1(c2cccc3c2Cc2ccccc2-3)CC1. The number of hydrogen-bond acceptors (Lipinski definition) is 1. The second-order valence-electron chi connectivity index (χ2n) is 5.36. The van der Waals surface area contributed by atoms with Gasteiger partial charge >= 0.3 is 0 Å². The first-order valence-electron chi connectivity index (χ1n) is 6.46. The highest BCUT2D eigenvalue weighted by molar-refractivity contribution is 5.78. The zero-order valence-corrected chi connectivity index (χ0v) is 10.1. The van der Waals surface area contributed by atoms with Gasteiger partial charge in [-0.15, -0.1) is 0 Å². The molecule has 2 aliphatic carbocycles. The summed E-state index contributed by atoms with van der Waals surface area (Å²) < 4.78 is 0. The number of hydrogen-bond donors (Lipinski definition) is 0. The van der Waals surface area contributed by atoms with Crippen molar-refractivity contribution in [2.75, 3.05) is 0 Å². The van der Waals surface area contributed by atoms with Crippen LogP contribution in [-0.2, 0) is 11.8 Å². The molecule has 0 saturated heterocycles. The van der Waals surface area contributed by atoms with Crippen molar-refractivity contribution in [2.45, 2.75) is 24.7 Å². The molecule has 0 amide bonds. The minimum absolute atomic E-state index is 0.173. The monoisotopic (exact) mass is 231 g/mol. The van der Waals surface area contributed by atoms with Gasteiger partial charge in [0.25, 0.3) is 0 Å². The summed E-state index contributed by atoms with van der Waals surface area (Å²) in [5.41, 5.74) is 6.57. The van der Waals surface area contributed by atoms with Gasteiger partial charge in [-0.1, -0.05) is 42.5 Å². The highest BCUT2D eigenvalue weighted by Crippen LogP contribution is 2.52. The average molecular weight is 231 g/mol. The van der Waals surface area contributed by atoms with Crippen molar-refractivity contribution in [2.24, 2.45) is 0 Å². The van der Waals surface area contributed by atoms with E-state index in [4.69, 9.17) is 0 Å². The van der Waals surface area contributed by atoms with Crippen LogP contribution in [0.2, 0.25) is 0 Å². The molecule has 0 atom stereocenters. The van der Waals surface area contributed by atoms with Crippen LogP contribution in [-0.4, -0.2) is 0 Å². The molecule has 1 heteroatoms. The Morgan fingerprint density at radius 3 is 2.50 bits per heavy atom. The molecular formula is C17H13N. The van der Waals surface area contributed by atoms with Gasteiger partial charge in [0.2, 0.25) is 0 Å². The molecule has 1 saturated carbocycles. The van der Waals surface area contributed by atoms with Crippen LogP contribution in [0.1, 0.15) is 29.5 Å². The fourth-order valence-corrected chi connectivity index (χ4v) is 3.17. The van der Waals surface area contributed by atoms with Crippen molar-refractivity contribution in [3.05, 3.63) is 59.2 Å². The van der Waals surface area contributed by atoms with Gasteiger partial charge in [0.05, 0.1) is 11.5 Å². The Morgan fingerprint density at radius 1 is 0.944 bits per heavy atom. The summed E-state index contributed by atoms with van der Waals surface area (Å²) in [5, 5.41) is 9.41. The Bertz CT molecular complexity index is 687. The van der Waals surface area contributed by atoms with Gasteiger partial charge in [0.1, 0.15) is 0 Å². The number of rotatable bonds is 1. The fourth-order valence-electron chi connectivity index (χ4n) is 3.17. The van der Waals surface area contributed by atoms with Gasteiger partial charge in [0, 0.05) is 0 Å². The smallest absolute Gasteiger partial charge is 0.0826 e. The van der Waals surface area contributed by atoms with E-state index in [1.54, 1.807) is 0 Å². The largest absolute Gasteiger partial charge is 0.197 e. The molecule has 18 heavy (non-hydrogen) atoms. The van der Waals surface area contributed by atoms with E-state index in [2.05, 4.69) is 48.5 Å². The molecule has 1 nitrogen and oxygen atoms in total. The lowest BCUT2D eigenvalue weighted by Gasteiger charge is -2.12. The highest BCUT2D eigenvalue weighted by Gasteiger charge is 2.47. The molecule has 2 aliphatic rings. The van der Waals surface area contributed by atoms with Gasteiger partial charge in [-0.05, 0) is 47.1 Å². The Labute approximate surface area is 107 Å². The Balaban J connectivity index is 1.96. The third kappa shape index (κ3) is 1.15. The van der Waals surface area contributed by atoms with Crippen molar-refractivity contribution in [1.29, 1.82) is 5.26 Å². The number of fused-ring (bicyclic) bond motifs is 3. The Hall–Kier alpha value is -2.07. The summed E-state index contributed by atoms with van der Waals surface area (Å²) in [4.78, 5) is 0. The first-order chi connectivity index (χ1) is 8.84. The van der Waals surface area contributed by atoms with E-state index in [9.17, 15) is 5.26 Å². The van der Waals surface area contributed by atoms with Gasteiger partial charge in [-0.2, -0.15) is 5.26 Å². The third-order valence-electron chi connectivity index (χ3n) is 4.33. The summed E-state index contributed by atoms with van der Waals surface area (Å²) in [7, 11) is 0. The lowest BCUT2D eigenvalue weighted by atomic mass is 9.90. The zero-order valence-electron chi connectivity index (χ0n) is 10.1. The standard InChI is InChI=1S/C17H13N/c18-11-17(8-9-17)16-7-3-6-14-13-5-2-1-4-12(13)10-15(14)16/h1-7H,8-10H2. The molecule has 2 aromatic rings. The second kappa shape index (κ2) is 3.23. The quantitative estimate of drug-likeness (QED) is 0.624. The first kappa shape index (κ1) is 9.91. The minimum atomic E-state index is -0.173. The molecule has 0 aliphatic heterocycles. The lowest BCUT2D eigenvalue weighted by molar-refractivity contribution is 0.890. The summed E-state index contributed by atoms with van der Waals surface area (Å²) in [6, 6.07) is 17.6. The van der Waals surface area contributed by atoms with E-state index in [-0.39, 0.29) is 5.41 Å². The molecular weight excluding hydrogens is 218 g/mol. The van der Waals surface area contributed by atoms with E-state index in [0.717, 1.165) is 19.3 Å². The fraction of sp³-hybridized carbons (Fsp3) is 0.235. The van der Waals surface area contributed by atoms with Gasteiger partial charge < -0.3 is 0 Å². The normalized spacial score (nSPS) is 17.7. The molecule has 2 aromatic carbocycles. The van der Waals surface area contributed by atoms with Crippen LogP contribution in [0.3, 0.4) is 0 Å². The van der Waals surface area contributed by atoms with Crippen LogP contribution in [0.4, 0.5) is 0 Å². The predicted octanol–water partition coefficient (Wildman–Crippen LogP) is 3.81. The van der Waals surface area contributed by atoms with Crippen LogP contribution in [0, 0.1) is 11.3 Å². The van der Waals surface area contributed by atoms with Crippen molar-refractivity contribution < 1.29 is 0 Å². The Morgan fingerprint density at radius 2 is 1.72 bits per heavy atom. The number of nitriles is 1. The van der Waals surface area contributed by atoms with Crippen molar-refractivity contribution in [3.8, 4) is 17.2 Å². The maximum Gasteiger partial charge on any atom is 0.0826 e. The van der Waals surface area contributed by atoms with E-state index >= 15 is 0 Å². The van der Waals surface area contributed by atoms with E-state index in [1.807, 2.05) is 0 Å². The zero-order chi connectivity index (χ0) is 12.2. The molecule has 0 spiro atoms. The van der Waals surface area contributed by atoms with Crippen LogP contribution >= 0.6 is 0 Å². The van der Waals surface area contributed by atoms with Crippen molar-refractivity contribution >= 4 is 0 Å². The first-order valence-corrected chi connectivity index (χ1v) is 6.46. The van der Waals surface area contributed by atoms with Crippen LogP contribution in [0.5, 0.6) is 0 Å². The number of benzene rings is 2. The minimum Gasteiger partial charge on any atom is -0.197 e. The summed E-state index contributed by atoms with van der Waals surface area (Å²) in [5.74, 6) is 0. The molecule has 0 bridgehead atoms. The van der Waals surface area contributed by atoms with Crippen molar-refractivity contribution in [1.82, 2.24) is 0 Å². The maximum absolute atomic E-state index is 9.41. The molecule has 1 fully saturated rings. The van der Waals surface area contributed by atoms with Gasteiger partial charge in [0.15, 0.2) is 0 Å². The predicted molar refractivity (Wildman–Crippen MR) is 71.2 cm³/mol. The van der Waals surface area contributed by atoms with Crippen LogP contribution in [0.15, 0.2) is 42.5 Å². The van der Waals surface area contributed by atoms with E-state index in [1.165, 1.54) is 27.8 Å². The lowest BCUT2D eigenvalue weighted by Crippen LogP contribution is -2.06. The molecule has 0 heterocycles. The maximum atomic E-state index is 9.41. The van der Waals surface area contributed by atoms with Crippen LogP contribution < -0.4 is 0 Å². The summed E-state index contributed by atoms with van der Waals surface area (Å²) >= 11 is 0. The Kier molecular flexibility index (Phi) is 1.78. The molecule has 0 aromatic heterocycles. The summed E-state index contributed by atoms with van der Waals surface area (Å²) in [6.45, 7) is 0. The molecule has 4 rings (SSSR count). The molecule has 86 valence electrons. The third-order valence-corrected chi connectivity index (χ3v) is 4.33. The van der Waals surface area contributed by atoms with Gasteiger partial charge in [-0.25, -0.2) is 0 Å². The van der Waals surface area contributed by atoms with E-state index in [0.29, 0.717) is 0 Å². The van der Waals surface area contributed by atoms with E-state index < -0.39 is 0 Å². The molecule has 0 radical (unpaired) electrons. The molecule has 0 N–H and O–H groups in total. The summed E-state index contributed by atoms with van der Waals surface area (Å²) in [6.07, 6.45) is 3.04. The molecule has 0 unspecified atom stereocenters. The topological polar surface area (TPSA) is 23.8 Å². The van der Waals surface area contributed by atoms with Crippen molar-refractivity contribution in [3.63, 3.8) is 0 Å². The number of nitrogens with zero attached hydrogens (tertiary/aromatic N) is 1. The van der Waals surface area contributed by atoms with Crippen LogP contribution in [0.25, 0.3) is 11.1 Å². The highest BCUT2D eigenvalue weighted by atomic mass is 14.5. The second-order valence-corrected chi connectivity index (χ2v) is 5.36.